The maximum atomic E-state index is 6.32. The number of nitrogens with zero attached hydrogens (tertiary/aromatic N) is 1. The molecule has 2 bridgehead atoms. The van der Waals surface area contributed by atoms with Crippen LogP contribution in [0.5, 0.6) is 0 Å². The van der Waals surface area contributed by atoms with E-state index in [-0.39, 0.29) is 11.6 Å². The minimum absolute atomic E-state index is 0.166. The standard InChI is InChI=1S/C21H22BrClN2/c1-2-10-25-14-15-12-21(25,13-15)20(16-6-4-3-5-7-16)24-17-8-9-18(22)19(23)11-17/h2-9,11,15,20,24H,1,10,12-14H2. The Bertz CT molecular complexity index is 771. The average Bonchev–Trinajstić information content (AvgIpc) is 3.11. The first-order valence-corrected chi connectivity index (χ1v) is 9.92. The highest BCUT2D eigenvalue weighted by Crippen LogP contribution is 2.57. The molecule has 1 N–H and O–H groups in total. The lowest BCUT2D eigenvalue weighted by Gasteiger charge is -2.49. The summed E-state index contributed by atoms with van der Waals surface area (Å²) in [6.45, 7) is 6.09. The normalized spacial score (nSPS) is 26.1. The van der Waals surface area contributed by atoms with Gasteiger partial charge in [0.15, 0.2) is 0 Å². The Morgan fingerprint density at radius 1 is 1.28 bits per heavy atom. The van der Waals surface area contributed by atoms with Gasteiger partial charge in [0.2, 0.25) is 0 Å². The molecule has 1 atom stereocenters. The Morgan fingerprint density at radius 2 is 2.04 bits per heavy atom. The molecule has 1 aliphatic carbocycles. The van der Waals surface area contributed by atoms with Crippen LogP contribution in [0.25, 0.3) is 0 Å². The molecule has 0 radical (unpaired) electrons. The molecule has 3 aliphatic rings. The monoisotopic (exact) mass is 416 g/mol. The Balaban J connectivity index is 1.70. The first kappa shape index (κ1) is 17.1. The smallest absolute Gasteiger partial charge is 0.0698 e. The van der Waals surface area contributed by atoms with Crippen LogP contribution in [0.1, 0.15) is 24.4 Å². The molecule has 4 heteroatoms. The molecule has 2 heterocycles. The summed E-state index contributed by atoms with van der Waals surface area (Å²) in [6, 6.07) is 17.1. The maximum absolute atomic E-state index is 6.32. The van der Waals surface area contributed by atoms with Crippen LogP contribution < -0.4 is 5.32 Å². The quantitative estimate of drug-likeness (QED) is 0.588. The largest absolute Gasteiger partial charge is 0.376 e. The van der Waals surface area contributed by atoms with E-state index in [1.807, 2.05) is 18.2 Å². The van der Waals surface area contributed by atoms with Crippen LogP contribution in [0.4, 0.5) is 5.69 Å². The highest BCUT2D eigenvalue weighted by atomic mass is 79.9. The zero-order valence-electron chi connectivity index (χ0n) is 14.1. The van der Waals surface area contributed by atoms with E-state index >= 15 is 0 Å². The first-order valence-electron chi connectivity index (χ1n) is 8.75. The van der Waals surface area contributed by atoms with Gasteiger partial charge in [0.25, 0.3) is 0 Å². The van der Waals surface area contributed by atoms with Crippen LogP contribution in [0, 0.1) is 5.92 Å². The summed E-state index contributed by atoms with van der Waals surface area (Å²) in [4.78, 5) is 2.61. The summed E-state index contributed by atoms with van der Waals surface area (Å²) in [6.07, 6.45) is 4.52. The second kappa shape index (κ2) is 6.79. The van der Waals surface area contributed by atoms with Gasteiger partial charge in [0.1, 0.15) is 0 Å². The number of anilines is 1. The Hall–Kier alpha value is -1.29. The van der Waals surface area contributed by atoms with Crippen molar-refractivity contribution in [1.29, 1.82) is 0 Å². The fraction of sp³-hybridized carbons (Fsp3) is 0.333. The number of nitrogens with one attached hydrogen (secondary N) is 1. The van der Waals surface area contributed by atoms with Gasteiger partial charge in [-0.05, 0) is 58.5 Å². The van der Waals surface area contributed by atoms with Crippen molar-refractivity contribution in [2.45, 2.75) is 24.4 Å². The molecule has 0 aromatic heterocycles. The summed E-state index contributed by atoms with van der Waals surface area (Å²) >= 11 is 9.79. The Labute approximate surface area is 163 Å². The molecule has 5 rings (SSSR count). The lowest BCUT2D eigenvalue weighted by Crippen LogP contribution is -2.53. The summed E-state index contributed by atoms with van der Waals surface area (Å²) in [5.74, 6) is 0.821. The Kier molecular flexibility index (Phi) is 4.65. The molecule has 2 nitrogen and oxygen atoms in total. The molecule has 2 saturated heterocycles. The predicted octanol–water partition coefficient (Wildman–Crippen LogP) is 5.91. The van der Waals surface area contributed by atoms with E-state index < -0.39 is 0 Å². The highest BCUT2D eigenvalue weighted by Gasteiger charge is 2.59. The van der Waals surface area contributed by atoms with Gasteiger partial charge < -0.3 is 5.32 Å². The highest BCUT2D eigenvalue weighted by molar-refractivity contribution is 9.10. The van der Waals surface area contributed by atoms with Gasteiger partial charge in [-0.25, -0.2) is 0 Å². The van der Waals surface area contributed by atoms with Crippen LogP contribution in [0.2, 0.25) is 5.02 Å². The molecule has 2 aliphatic heterocycles. The van der Waals surface area contributed by atoms with E-state index in [1.165, 1.54) is 24.9 Å². The number of fused-ring (bicyclic) bond motifs is 1. The van der Waals surface area contributed by atoms with Crippen molar-refractivity contribution < 1.29 is 0 Å². The molecule has 1 saturated carbocycles. The van der Waals surface area contributed by atoms with Gasteiger partial charge >= 0.3 is 0 Å². The van der Waals surface area contributed by atoms with Crippen LogP contribution in [-0.4, -0.2) is 23.5 Å². The fourth-order valence-electron chi connectivity index (χ4n) is 4.58. The van der Waals surface area contributed by atoms with Crippen molar-refractivity contribution in [2.75, 3.05) is 18.4 Å². The second-order valence-electron chi connectivity index (χ2n) is 7.19. The summed E-state index contributed by atoms with van der Waals surface area (Å²) in [5, 5.41) is 4.52. The summed E-state index contributed by atoms with van der Waals surface area (Å²) in [5.41, 5.74) is 2.56. The van der Waals surface area contributed by atoms with Crippen molar-refractivity contribution in [1.82, 2.24) is 4.90 Å². The van der Waals surface area contributed by atoms with Crippen molar-refractivity contribution in [2.24, 2.45) is 5.92 Å². The molecule has 25 heavy (non-hydrogen) atoms. The van der Waals surface area contributed by atoms with Crippen molar-refractivity contribution >= 4 is 33.2 Å². The van der Waals surface area contributed by atoms with Crippen LogP contribution in [0.15, 0.2) is 65.7 Å². The van der Waals surface area contributed by atoms with Gasteiger partial charge in [-0.15, -0.1) is 6.58 Å². The molecule has 2 aromatic rings. The molecule has 3 fully saturated rings. The van der Waals surface area contributed by atoms with Crippen molar-refractivity contribution in [3.8, 4) is 0 Å². The van der Waals surface area contributed by atoms with Crippen molar-refractivity contribution in [3.05, 3.63) is 76.2 Å². The predicted molar refractivity (Wildman–Crippen MR) is 109 cm³/mol. The molecular formula is C21H22BrClN2. The van der Waals surface area contributed by atoms with E-state index in [0.717, 1.165) is 27.6 Å². The number of benzene rings is 2. The van der Waals surface area contributed by atoms with Gasteiger partial charge in [-0.1, -0.05) is 48.0 Å². The van der Waals surface area contributed by atoms with Gasteiger partial charge in [-0.2, -0.15) is 0 Å². The van der Waals surface area contributed by atoms with Crippen LogP contribution in [-0.2, 0) is 0 Å². The Morgan fingerprint density at radius 3 is 2.72 bits per heavy atom. The number of hydrogen-bond acceptors (Lipinski definition) is 2. The number of halogens is 2. The summed E-state index contributed by atoms with van der Waals surface area (Å²) in [7, 11) is 0. The van der Waals surface area contributed by atoms with Gasteiger partial charge in [0.05, 0.1) is 11.1 Å². The number of rotatable bonds is 6. The summed E-state index contributed by atoms with van der Waals surface area (Å²) < 4.78 is 0.923. The third-order valence-electron chi connectivity index (χ3n) is 5.64. The third kappa shape index (κ3) is 3.03. The van der Waals surface area contributed by atoms with Gasteiger partial charge in [-0.3, -0.25) is 4.90 Å². The zero-order chi connectivity index (χ0) is 17.4. The van der Waals surface area contributed by atoms with Crippen LogP contribution in [0.3, 0.4) is 0 Å². The molecule has 2 aromatic carbocycles. The minimum atomic E-state index is 0.166. The molecule has 0 amide bonds. The lowest BCUT2D eigenvalue weighted by atomic mass is 9.67. The minimum Gasteiger partial charge on any atom is -0.376 e. The molecule has 1 unspecified atom stereocenters. The van der Waals surface area contributed by atoms with Gasteiger partial charge in [0, 0.05) is 28.8 Å². The second-order valence-corrected chi connectivity index (χ2v) is 8.45. The van der Waals surface area contributed by atoms with Crippen molar-refractivity contribution in [3.63, 3.8) is 0 Å². The molecule has 130 valence electrons. The van der Waals surface area contributed by atoms with E-state index in [4.69, 9.17) is 11.6 Å². The third-order valence-corrected chi connectivity index (χ3v) is 6.88. The van der Waals surface area contributed by atoms with E-state index in [1.54, 1.807) is 0 Å². The fourth-order valence-corrected chi connectivity index (χ4v) is 5.00. The van der Waals surface area contributed by atoms with E-state index in [0.29, 0.717) is 0 Å². The number of hydrogen-bond donors (Lipinski definition) is 1. The van der Waals surface area contributed by atoms with E-state index in [2.05, 4.69) is 69.1 Å². The maximum Gasteiger partial charge on any atom is 0.0698 e. The SMILES string of the molecule is C=CCN1CC2CC1(C(Nc1ccc(Br)c(Cl)c1)c1ccccc1)C2. The lowest BCUT2D eigenvalue weighted by molar-refractivity contribution is 0.0933. The van der Waals surface area contributed by atoms with E-state index in [9.17, 15) is 0 Å². The molecular weight excluding hydrogens is 396 g/mol. The average molecular weight is 418 g/mol. The first-order chi connectivity index (χ1) is 12.1. The van der Waals surface area contributed by atoms with Crippen LogP contribution >= 0.6 is 27.5 Å². The zero-order valence-corrected chi connectivity index (χ0v) is 16.4. The topological polar surface area (TPSA) is 15.3 Å². The molecule has 0 spiro atoms.